The van der Waals surface area contributed by atoms with E-state index in [1.54, 1.807) is 6.92 Å². The van der Waals surface area contributed by atoms with E-state index in [4.69, 9.17) is 9.47 Å². The zero-order valence-corrected chi connectivity index (χ0v) is 15.8. The highest BCUT2D eigenvalue weighted by molar-refractivity contribution is 9.11. The molecule has 0 fully saturated rings. The van der Waals surface area contributed by atoms with E-state index in [2.05, 4.69) is 15.9 Å². The molecule has 21 heavy (non-hydrogen) atoms. The Hall–Kier alpha value is -0.570. The quantitative estimate of drug-likeness (QED) is 0.547. The van der Waals surface area contributed by atoms with Crippen LogP contribution in [-0.2, 0) is 19.1 Å². The third kappa shape index (κ3) is 4.00. The second-order valence-corrected chi connectivity index (χ2v) is 7.65. The molecule has 0 saturated carbocycles. The fourth-order valence-electron chi connectivity index (χ4n) is 1.87. The van der Waals surface area contributed by atoms with Gasteiger partial charge in [0.1, 0.15) is 12.6 Å². The number of thiophene rings is 1. The fourth-order valence-corrected chi connectivity index (χ4v) is 4.66. The van der Waals surface area contributed by atoms with Crippen molar-refractivity contribution < 1.29 is 19.1 Å². The van der Waals surface area contributed by atoms with Crippen LogP contribution in [-0.4, -0.2) is 45.0 Å². The molecule has 1 aromatic heterocycles. The third-order valence-corrected chi connectivity index (χ3v) is 6.18. The molecule has 8 heteroatoms. The lowest BCUT2D eigenvalue weighted by atomic mass is 10.2. The summed E-state index contributed by atoms with van der Waals surface area (Å²) < 4.78 is 11.6. The van der Waals surface area contributed by atoms with Gasteiger partial charge in [-0.25, -0.2) is 4.79 Å². The van der Waals surface area contributed by atoms with E-state index in [-0.39, 0.29) is 12.5 Å². The van der Waals surface area contributed by atoms with Crippen molar-refractivity contribution in [2.24, 2.45) is 0 Å². The molecule has 0 spiro atoms. The van der Waals surface area contributed by atoms with E-state index in [0.29, 0.717) is 0 Å². The Kier molecular flexibility index (Phi) is 7.19. The largest absolute Gasteiger partial charge is 0.467 e. The van der Waals surface area contributed by atoms with E-state index in [1.807, 2.05) is 13.2 Å². The van der Waals surface area contributed by atoms with E-state index >= 15 is 0 Å². The second-order valence-electron chi connectivity index (χ2n) is 4.24. The molecule has 0 aliphatic rings. The van der Waals surface area contributed by atoms with Gasteiger partial charge in [-0.3, -0.25) is 9.69 Å². The van der Waals surface area contributed by atoms with Gasteiger partial charge in [0.25, 0.3) is 5.91 Å². The van der Waals surface area contributed by atoms with Crippen LogP contribution in [0.1, 0.15) is 12.5 Å². The molecule has 1 heterocycles. The average molecular weight is 396 g/mol. The van der Waals surface area contributed by atoms with Gasteiger partial charge in [0.05, 0.1) is 20.8 Å². The Balaban J connectivity index is 3.36. The van der Waals surface area contributed by atoms with Crippen LogP contribution in [0, 0.1) is 6.92 Å². The van der Waals surface area contributed by atoms with Crippen molar-refractivity contribution in [1.29, 1.82) is 0 Å². The first-order valence-corrected chi connectivity index (χ1v) is 8.94. The lowest BCUT2D eigenvalue weighted by molar-refractivity contribution is -0.143. The monoisotopic (exact) mass is 395 g/mol. The number of carbonyl (C=O) groups is 2. The molecule has 1 rings (SSSR count). The maximum atomic E-state index is 12.4. The van der Waals surface area contributed by atoms with Crippen LogP contribution in [0.2, 0.25) is 0 Å². The Morgan fingerprint density at radius 3 is 2.52 bits per heavy atom. The number of hydrogen-bond acceptors (Lipinski definition) is 6. The van der Waals surface area contributed by atoms with Crippen molar-refractivity contribution in [1.82, 2.24) is 0 Å². The molecule has 5 nitrogen and oxygen atoms in total. The number of rotatable bonds is 6. The number of hydrogen-bond donors (Lipinski definition) is 0. The molecular formula is C13H18BrNO4S2. The number of methoxy groups -OCH3 is 2. The normalized spacial score (nSPS) is 12.1. The Bertz CT molecular complexity index is 532. The number of anilines is 1. The highest BCUT2D eigenvalue weighted by Gasteiger charge is 2.32. The number of nitrogens with zero attached hydrogens (tertiary/aromatic N) is 1. The number of esters is 1. The summed E-state index contributed by atoms with van der Waals surface area (Å²) >= 11 is 6.55. The highest BCUT2D eigenvalue weighted by Crippen LogP contribution is 2.44. The standard InChI is InChI=1S/C13H18BrNO4S2/c1-7-10(13(20-5)21-11(7)14)15(9(16)6-18-3)8(2)12(17)19-4/h8H,6H2,1-5H3. The van der Waals surface area contributed by atoms with Crippen molar-refractivity contribution in [2.75, 3.05) is 32.0 Å². The van der Waals surface area contributed by atoms with Gasteiger partial charge < -0.3 is 9.47 Å². The summed E-state index contributed by atoms with van der Waals surface area (Å²) in [6.45, 7) is 3.46. The van der Waals surface area contributed by atoms with Gasteiger partial charge in [-0.05, 0) is 41.6 Å². The van der Waals surface area contributed by atoms with Gasteiger partial charge in [-0.1, -0.05) is 0 Å². The first-order chi connectivity index (χ1) is 9.88. The van der Waals surface area contributed by atoms with Crippen LogP contribution in [0.15, 0.2) is 8.00 Å². The minimum atomic E-state index is -0.719. The molecule has 0 aliphatic heterocycles. The van der Waals surface area contributed by atoms with Gasteiger partial charge in [0.15, 0.2) is 0 Å². The number of halogens is 1. The average Bonchev–Trinajstić information content (AvgIpc) is 2.74. The molecule has 1 atom stereocenters. The van der Waals surface area contributed by atoms with Gasteiger partial charge in [-0.15, -0.1) is 23.1 Å². The minimum absolute atomic E-state index is 0.0952. The van der Waals surface area contributed by atoms with Gasteiger partial charge in [-0.2, -0.15) is 0 Å². The molecule has 118 valence electrons. The maximum Gasteiger partial charge on any atom is 0.328 e. The molecule has 0 N–H and O–H groups in total. The van der Waals surface area contributed by atoms with Gasteiger partial charge in [0, 0.05) is 7.11 Å². The molecule has 0 aromatic carbocycles. The Labute approximate surface area is 141 Å². The summed E-state index contributed by atoms with van der Waals surface area (Å²) in [4.78, 5) is 25.7. The molecule has 0 aliphatic carbocycles. The van der Waals surface area contributed by atoms with Crippen LogP contribution in [0.3, 0.4) is 0 Å². The molecule has 0 bridgehead atoms. The van der Waals surface area contributed by atoms with E-state index in [0.717, 1.165) is 19.2 Å². The zero-order chi connectivity index (χ0) is 16.2. The number of amides is 1. The summed E-state index contributed by atoms with van der Waals surface area (Å²) in [6.07, 6.45) is 1.93. The predicted octanol–water partition coefficient (Wildman–Crippen LogP) is 3.08. The number of ether oxygens (including phenoxy) is 2. The Morgan fingerprint density at radius 1 is 1.43 bits per heavy atom. The third-order valence-electron chi connectivity index (χ3n) is 2.92. The first kappa shape index (κ1) is 18.5. The van der Waals surface area contributed by atoms with Crippen LogP contribution in [0.25, 0.3) is 0 Å². The molecular weight excluding hydrogens is 378 g/mol. The lowest BCUT2D eigenvalue weighted by Gasteiger charge is -2.28. The molecule has 1 unspecified atom stereocenters. The Morgan fingerprint density at radius 2 is 2.05 bits per heavy atom. The van der Waals surface area contributed by atoms with Crippen LogP contribution in [0.4, 0.5) is 5.69 Å². The topological polar surface area (TPSA) is 55.8 Å². The summed E-state index contributed by atoms with van der Waals surface area (Å²) in [5, 5.41) is 0. The van der Waals surface area contributed by atoms with E-state index in [1.165, 1.54) is 42.2 Å². The molecule has 1 amide bonds. The summed E-state index contributed by atoms with van der Waals surface area (Å²) in [6, 6.07) is -0.719. The maximum absolute atomic E-state index is 12.4. The summed E-state index contributed by atoms with van der Waals surface area (Å²) in [7, 11) is 2.76. The van der Waals surface area contributed by atoms with Crippen molar-refractivity contribution in [3.8, 4) is 0 Å². The SMILES string of the molecule is COCC(=O)N(c1c(SC)sc(Br)c1C)C(C)C(=O)OC. The smallest absolute Gasteiger partial charge is 0.328 e. The fraction of sp³-hybridized carbons (Fsp3) is 0.538. The van der Waals surface area contributed by atoms with Crippen molar-refractivity contribution in [2.45, 2.75) is 24.1 Å². The zero-order valence-electron chi connectivity index (χ0n) is 12.6. The molecule has 1 aromatic rings. The van der Waals surface area contributed by atoms with Gasteiger partial charge >= 0.3 is 5.97 Å². The van der Waals surface area contributed by atoms with Crippen molar-refractivity contribution in [3.05, 3.63) is 9.35 Å². The molecule has 0 radical (unpaired) electrons. The van der Waals surface area contributed by atoms with E-state index < -0.39 is 12.0 Å². The summed E-state index contributed by atoms with van der Waals surface area (Å²) in [5.74, 6) is -0.743. The number of carbonyl (C=O) groups excluding carboxylic acids is 2. The van der Waals surface area contributed by atoms with E-state index in [9.17, 15) is 9.59 Å². The minimum Gasteiger partial charge on any atom is -0.467 e. The summed E-state index contributed by atoms with van der Waals surface area (Å²) in [5.41, 5.74) is 1.66. The van der Waals surface area contributed by atoms with Crippen molar-refractivity contribution >= 4 is 56.6 Å². The van der Waals surface area contributed by atoms with Crippen LogP contribution in [0.5, 0.6) is 0 Å². The van der Waals surface area contributed by atoms with Gasteiger partial charge in [0.2, 0.25) is 0 Å². The predicted molar refractivity (Wildman–Crippen MR) is 89.4 cm³/mol. The molecule has 0 saturated heterocycles. The van der Waals surface area contributed by atoms with Crippen LogP contribution >= 0.6 is 39.0 Å². The van der Waals surface area contributed by atoms with Crippen molar-refractivity contribution in [3.63, 3.8) is 0 Å². The lowest BCUT2D eigenvalue weighted by Crippen LogP contribution is -2.46. The number of thioether (sulfide) groups is 1. The highest BCUT2D eigenvalue weighted by atomic mass is 79.9. The first-order valence-electron chi connectivity index (χ1n) is 6.10. The second kappa shape index (κ2) is 8.17. The van der Waals surface area contributed by atoms with Crippen LogP contribution < -0.4 is 4.90 Å².